The quantitative estimate of drug-likeness (QED) is 0.746. The zero-order valence-electron chi connectivity index (χ0n) is 17.5. The summed E-state index contributed by atoms with van der Waals surface area (Å²) >= 11 is 0. The number of pyridine rings is 1. The third-order valence-corrected chi connectivity index (χ3v) is 6.43. The summed E-state index contributed by atoms with van der Waals surface area (Å²) in [6.07, 6.45) is 1.02. The summed E-state index contributed by atoms with van der Waals surface area (Å²) in [5.74, 6) is 1.33. The first-order valence-corrected chi connectivity index (χ1v) is 10.7. The predicted octanol–water partition coefficient (Wildman–Crippen LogP) is 1.42. The maximum atomic E-state index is 13.0. The van der Waals surface area contributed by atoms with Crippen LogP contribution < -0.4 is 10.5 Å². The highest BCUT2D eigenvalue weighted by atomic mass is 16.5. The highest BCUT2D eigenvalue weighted by molar-refractivity contribution is 5.73. The lowest BCUT2D eigenvalue weighted by atomic mass is 9.82. The van der Waals surface area contributed by atoms with E-state index in [9.17, 15) is 9.59 Å². The van der Waals surface area contributed by atoms with Gasteiger partial charge in [0.05, 0.1) is 18.9 Å². The number of hydrogen-bond acceptors (Lipinski definition) is 6. The van der Waals surface area contributed by atoms with Crippen molar-refractivity contribution in [3.05, 3.63) is 39.9 Å². The van der Waals surface area contributed by atoms with Crippen molar-refractivity contribution in [2.45, 2.75) is 32.7 Å². The number of aromatic nitrogens is 3. The zero-order chi connectivity index (χ0) is 20.8. The van der Waals surface area contributed by atoms with Gasteiger partial charge in [-0.15, -0.1) is 0 Å². The molecule has 3 aliphatic heterocycles. The van der Waals surface area contributed by atoms with Gasteiger partial charge >= 0.3 is 0 Å². The summed E-state index contributed by atoms with van der Waals surface area (Å²) in [6.45, 7) is 8.55. The first-order chi connectivity index (χ1) is 14.5. The molecule has 3 aliphatic rings. The number of aryl methyl sites for hydroxylation is 1. The van der Waals surface area contributed by atoms with Crippen molar-refractivity contribution in [2.24, 2.45) is 5.92 Å². The fraction of sp³-hybridized carbons (Fsp3) is 0.545. The van der Waals surface area contributed by atoms with Crippen molar-refractivity contribution in [2.75, 3.05) is 44.3 Å². The number of piperidine rings is 1. The number of rotatable bonds is 2. The Hall–Kier alpha value is -2.74. The van der Waals surface area contributed by atoms with Crippen LogP contribution in [0.25, 0.3) is 11.3 Å². The number of carbonyl (C=O) groups is 1. The lowest BCUT2D eigenvalue weighted by Crippen LogP contribution is -2.48. The van der Waals surface area contributed by atoms with Crippen molar-refractivity contribution >= 4 is 11.9 Å². The van der Waals surface area contributed by atoms with Crippen molar-refractivity contribution in [1.29, 1.82) is 0 Å². The van der Waals surface area contributed by atoms with Crippen molar-refractivity contribution < 1.29 is 9.53 Å². The summed E-state index contributed by atoms with van der Waals surface area (Å²) in [7, 11) is 0. The minimum atomic E-state index is 0.0117. The van der Waals surface area contributed by atoms with Crippen LogP contribution in [0.15, 0.2) is 23.0 Å². The molecule has 2 fully saturated rings. The Morgan fingerprint density at radius 3 is 2.67 bits per heavy atom. The zero-order valence-corrected chi connectivity index (χ0v) is 17.5. The smallest absolute Gasteiger partial charge is 0.251 e. The average Bonchev–Trinajstić information content (AvgIpc) is 2.74. The van der Waals surface area contributed by atoms with Crippen molar-refractivity contribution in [3.63, 3.8) is 0 Å². The highest BCUT2D eigenvalue weighted by Gasteiger charge is 2.35. The van der Waals surface area contributed by atoms with E-state index in [4.69, 9.17) is 9.72 Å². The van der Waals surface area contributed by atoms with Gasteiger partial charge in [-0.05, 0) is 31.4 Å². The number of ether oxygens (including phenoxy) is 1. The molecule has 0 N–H and O–H groups in total. The molecule has 8 heteroatoms. The van der Waals surface area contributed by atoms with E-state index in [1.165, 1.54) is 0 Å². The van der Waals surface area contributed by atoms with E-state index >= 15 is 0 Å². The molecule has 2 saturated heterocycles. The van der Waals surface area contributed by atoms with Crippen LogP contribution in [0.2, 0.25) is 0 Å². The van der Waals surface area contributed by atoms with Gasteiger partial charge in [0.15, 0.2) is 0 Å². The number of carbonyl (C=O) groups excluding carboxylic acids is 1. The maximum Gasteiger partial charge on any atom is 0.251 e. The topological polar surface area (TPSA) is 80.6 Å². The molecule has 158 valence electrons. The van der Waals surface area contributed by atoms with Gasteiger partial charge < -0.3 is 19.1 Å². The van der Waals surface area contributed by atoms with E-state index in [0.717, 1.165) is 48.7 Å². The third-order valence-electron chi connectivity index (χ3n) is 6.43. The van der Waals surface area contributed by atoms with Gasteiger partial charge in [0.2, 0.25) is 11.9 Å². The Kier molecular flexibility index (Phi) is 4.81. The van der Waals surface area contributed by atoms with Crippen molar-refractivity contribution in [3.8, 4) is 11.3 Å². The Bertz CT molecular complexity index is 1040. The summed E-state index contributed by atoms with van der Waals surface area (Å²) in [5, 5.41) is 0. The second kappa shape index (κ2) is 7.50. The van der Waals surface area contributed by atoms with E-state index in [2.05, 4.69) is 16.0 Å². The van der Waals surface area contributed by atoms with Crippen LogP contribution in [0.1, 0.15) is 30.7 Å². The largest absolute Gasteiger partial charge is 0.378 e. The molecular weight excluding hydrogens is 382 g/mol. The van der Waals surface area contributed by atoms with E-state index in [1.807, 2.05) is 22.5 Å². The molecule has 1 amide bonds. The monoisotopic (exact) mass is 409 g/mol. The Labute approximate surface area is 175 Å². The standard InChI is InChI=1S/C22H27N5O3/c1-14-7-19(24-22(23-14)25-3-5-30-6-4-25)17-9-20-18-8-16(11-26(13-18)15(2)28)12-27(20)21(29)10-17/h7,9-10,16,18H,3-6,8,11-13H2,1-2H3/t16-,18+/m0/s1. The Morgan fingerprint density at radius 2 is 1.90 bits per heavy atom. The van der Waals surface area contributed by atoms with E-state index in [0.29, 0.717) is 38.2 Å². The first kappa shape index (κ1) is 19.2. The number of anilines is 1. The van der Waals surface area contributed by atoms with Gasteiger partial charge in [-0.2, -0.15) is 0 Å². The maximum absolute atomic E-state index is 13.0. The SMILES string of the molecule is CC(=O)N1C[C@@H]2C[C@H](C1)c1cc(-c3cc(C)nc(N4CCOCC4)n3)cc(=O)n1C2. The van der Waals surface area contributed by atoms with Crippen LogP contribution in [0.3, 0.4) is 0 Å². The van der Waals surface area contributed by atoms with Gasteiger partial charge in [0.25, 0.3) is 5.56 Å². The molecule has 2 aromatic heterocycles. The molecule has 5 heterocycles. The Balaban J connectivity index is 1.53. The molecule has 0 radical (unpaired) electrons. The summed E-state index contributed by atoms with van der Waals surface area (Å²) in [4.78, 5) is 38.4. The van der Waals surface area contributed by atoms with Crippen LogP contribution in [-0.2, 0) is 16.1 Å². The molecule has 0 saturated carbocycles. The van der Waals surface area contributed by atoms with Gasteiger partial charge in [-0.1, -0.05) is 0 Å². The van der Waals surface area contributed by atoms with Crippen LogP contribution in [0, 0.1) is 12.8 Å². The molecule has 0 aliphatic carbocycles. The molecule has 0 unspecified atom stereocenters. The summed E-state index contributed by atoms with van der Waals surface area (Å²) < 4.78 is 7.34. The summed E-state index contributed by atoms with van der Waals surface area (Å²) in [6, 6.07) is 5.72. The molecule has 8 nitrogen and oxygen atoms in total. The van der Waals surface area contributed by atoms with Crippen molar-refractivity contribution in [1.82, 2.24) is 19.4 Å². The molecular formula is C22H27N5O3. The molecule has 2 atom stereocenters. The Morgan fingerprint density at radius 1 is 1.10 bits per heavy atom. The van der Waals surface area contributed by atoms with Crippen LogP contribution in [-0.4, -0.2) is 64.7 Å². The van der Waals surface area contributed by atoms with E-state index in [1.54, 1.807) is 13.0 Å². The molecule has 0 spiro atoms. The third kappa shape index (κ3) is 3.49. The predicted molar refractivity (Wildman–Crippen MR) is 113 cm³/mol. The number of likely N-dealkylation sites (tertiary alicyclic amines) is 1. The second-order valence-electron chi connectivity index (χ2n) is 8.63. The summed E-state index contributed by atoms with van der Waals surface area (Å²) in [5.41, 5.74) is 3.50. The minimum Gasteiger partial charge on any atom is -0.378 e. The van der Waals surface area contributed by atoms with Crippen LogP contribution in [0.5, 0.6) is 0 Å². The number of morpholine rings is 1. The van der Waals surface area contributed by atoms with Gasteiger partial charge in [-0.25, -0.2) is 9.97 Å². The van der Waals surface area contributed by atoms with Gasteiger partial charge in [0, 0.05) is 68.6 Å². The lowest BCUT2D eigenvalue weighted by molar-refractivity contribution is -0.131. The first-order valence-electron chi connectivity index (χ1n) is 10.7. The average molecular weight is 409 g/mol. The lowest BCUT2D eigenvalue weighted by Gasteiger charge is -2.42. The van der Waals surface area contributed by atoms with E-state index in [-0.39, 0.29) is 17.4 Å². The van der Waals surface area contributed by atoms with Crippen LogP contribution >= 0.6 is 0 Å². The fourth-order valence-electron chi connectivity index (χ4n) is 4.97. The molecule has 0 aromatic carbocycles. The number of fused-ring (bicyclic) bond motifs is 4. The minimum absolute atomic E-state index is 0.0117. The van der Waals surface area contributed by atoms with Gasteiger partial charge in [-0.3, -0.25) is 9.59 Å². The second-order valence-corrected chi connectivity index (χ2v) is 8.63. The normalized spacial score (nSPS) is 23.3. The van der Waals surface area contributed by atoms with E-state index < -0.39 is 0 Å². The highest BCUT2D eigenvalue weighted by Crippen LogP contribution is 2.36. The number of hydrogen-bond donors (Lipinski definition) is 0. The molecule has 2 bridgehead atoms. The molecule has 30 heavy (non-hydrogen) atoms. The van der Waals surface area contributed by atoms with Crippen LogP contribution in [0.4, 0.5) is 5.95 Å². The number of nitrogens with zero attached hydrogens (tertiary/aromatic N) is 5. The fourth-order valence-corrected chi connectivity index (χ4v) is 4.97. The molecule has 2 aromatic rings. The number of amides is 1. The molecule has 5 rings (SSSR count). The van der Waals surface area contributed by atoms with Gasteiger partial charge in [0.1, 0.15) is 0 Å².